The van der Waals surface area contributed by atoms with Crippen molar-refractivity contribution in [1.82, 2.24) is 20.0 Å². The van der Waals surface area contributed by atoms with E-state index >= 15 is 0 Å². The molecule has 1 aliphatic rings. The fourth-order valence-electron chi connectivity index (χ4n) is 2.90. The van der Waals surface area contributed by atoms with Crippen molar-refractivity contribution in [2.24, 2.45) is 0 Å². The minimum absolute atomic E-state index is 0.0401. The summed E-state index contributed by atoms with van der Waals surface area (Å²) < 4.78 is 14.9. The molecule has 0 radical (unpaired) electrons. The molecule has 4 rings (SSSR count). The lowest BCUT2D eigenvalue weighted by Gasteiger charge is -2.14. The molecule has 8 heteroatoms. The first-order valence-corrected chi connectivity index (χ1v) is 7.27. The smallest absolute Gasteiger partial charge is 0.357 e. The van der Waals surface area contributed by atoms with E-state index in [2.05, 4.69) is 15.3 Å². The number of halogens is 2. The van der Waals surface area contributed by atoms with Gasteiger partial charge >= 0.3 is 5.97 Å². The van der Waals surface area contributed by atoms with Gasteiger partial charge in [-0.05, 0) is 36.6 Å². The van der Waals surface area contributed by atoms with Gasteiger partial charge in [-0.3, -0.25) is 5.10 Å². The van der Waals surface area contributed by atoms with Crippen molar-refractivity contribution < 1.29 is 14.3 Å². The van der Waals surface area contributed by atoms with Crippen LogP contribution < -0.4 is 0 Å². The van der Waals surface area contributed by atoms with E-state index in [9.17, 15) is 14.3 Å². The molecule has 0 spiro atoms. The number of aromatic carboxylic acids is 1. The molecule has 3 aromatic rings. The molecule has 2 N–H and O–H groups in total. The molecule has 0 saturated carbocycles. The summed E-state index contributed by atoms with van der Waals surface area (Å²) in [4.78, 5) is 11.6. The SMILES string of the molecule is O=C(O)c1nn(-c2ccc(F)c(Cl)c2)c2c1-c1[nH]ncc1CC2. The van der Waals surface area contributed by atoms with Gasteiger partial charge in [-0.1, -0.05) is 11.6 Å². The van der Waals surface area contributed by atoms with Gasteiger partial charge in [0.2, 0.25) is 0 Å². The highest BCUT2D eigenvalue weighted by molar-refractivity contribution is 6.30. The molecule has 23 heavy (non-hydrogen) atoms. The second-order valence-corrected chi connectivity index (χ2v) is 5.66. The zero-order valence-corrected chi connectivity index (χ0v) is 12.4. The number of H-pyrrole nitrogens is 1. The summed E-state index contributed by atoms with van der Waals surface area (Å²) in [6.07, 6.45) is 3.02. The molecule has 0 saturated heterocycles. The summed E-state index contributed by atoms with van der Waals surface area (Å²) in [5.74, 6) is -1.67. The number of hydrogen-bond acceptors (Lipinski definition) is 3. The van der Waals surface area contributed by atoms with Crippen molar-refractivity contribution >= 4 is 17.6 Å². The summed E-state index contributed by atoms with van der Waals surface area (Å²) in [7, 11) is 0. The Bertz CT molecular complexity index is 947. The third kappa shape index (κ3) is 2.04. The van der Waals surface area contributed by atoms with Crippen LogP contribution in [0.2, 0.25) is 5.02 Å². The van der Waals surface area contributed by atoms with Crippen LogP contribution in [0.3, 0.4) is 0 Å². The lowest BCUT2D eigenvalue weighted by Crippen LogP contribution is -2.08. The van der Waals surface area contributed by atoms with Crippen LogP contribution in [0.25, 0.3) is 16.9 Å². The summed E-state index contributed by atoms with van der Waals surface area (Å²) in [5.41, 5.74) is 3.34. The van der Waals surface area contributed by atoms with Gasteiger partial charge in [0.25, 0.3) is 0 Å². The van der Waals surface area contributed by atoms with Gasteiger partial charge in [0.15, 0.2) is 5.69 Å². The minimum atomic E-state index is -1.13. The monoisotopic (exact) mass is 332 g/mol. The number of carboxylic acids is 1. The highest BCUT2D eigenvalue weighted by Gasteiger charge is 2.30. The van der Waals surface area contributed by atoms with Crippen molar-refractivity contribution in [3.8, 4) is 16.9 Å². The number of carbonyl (C=O) groups is 1. The zero-order chi connectivity index (χ0) is 16.1. The van der Waals surface area contributed by atoms with E-state index in [1.165, 1.54) is 22.9 Å². The molecule has 0 amide bonds. The Labute approximate surface area is 134 Å². The van der Waals surface area contributed by atoms with E-state index in [0.29, 0.717) is 23.4 Å². The molecule has 0 aliphatic heterocycles. The average molecular weight is 333 g/mol. The summed E-state index contributed by atoms with van der Waals surface area (Å²) in [6.45, 7) is 0. The number of nitrogens with zero attached hydrogens (tertiary/aromatic N) is 3. The summed E-state index contributed by atoms with van der Waals surface area (Å²) >= 11 is 5.83. The fraction of sp³-hybridized carbons (Fsp3) is 0.133. The van der Waals surface area contributed by atoms with Gasteiger partial charge < -0.3 is 5.11 Å². The molecule has 6 nitrogen and oxygen atoms in total. The number of benzene rings is 1. The second-order valence-electron chi connectivity index (χ2n) is 5.26. The number of fused-ring (bicyclic) bond motifs is 3. The highest BCUT2D eigenvalue weighted by Crippen LogP contribution is 2.36. The van der Waals surface area contributed by atoms with Gasteiger partial charge in [0, 0.05) is 0 Å². The van der Waals surface area contributed by atoms with Gasteiger partial charge in [-0.15, -0.1) is 0 Å². The van der Waals surface area contributed by atoms with Crippen molar-refractivity contribution in [3.63, 3.8) is 0 Å². The molecular formula is C15H10ClFN4O2. The third-order valence-corrected chi connectivity index (χ3v) is 4.22. The predicted octanol–water partition coefficient (Wildman–Crippen LogP) is 2.85. The van der Waals surface area contributed by atoms with Gasteiger partial charge in [0.05, 0.1) is 33.9 Å². The van der Waals surface area contributed by atoms with Crippen LogP contribution in [0.1, 0.15) is 21.7 Å². The maximum Gasteiger partial charge on any atom is 0.357 e. The first-order chi connectivity index (χ1) is 11.1. The standard InChI is InChI=1S/C15H10ClFN4O2/c16-9-5-8(2-3-10(9)17)21-11-4-1-7-6-18-19-13(7)12(11)14(20-21)15(22)23/h2-3,5-6H,1,4H2,(H,18,19)(H,22,23). The van der Waals surface area contributed by atoms with E-state index in [1.54, 1.807) is 6.20 Å². The van der Waals surface area contributed by atoms with Crippen LogP contribution >= 0.6 is 11.6 Å². The number of nitrogens with one attached hydrogen (secondary N) is 1. The fourth-order valence-corrected chi connectivity index (χ4v) is 3.07. The number of carboxylic acid groups (broad SMARTS) is 1. The predicted molar refractivity (Wildman–Crippen MR) is 80.5 cm³/mol. The maximum absolute atomic E-state index is 13.4. The maximum atomic E-state index is 13.4. The van der Waals surface area contributed by atoms with Crippen LogP contribution in [0.15, 0.2) is 24.4 Å². The van der Waals surface area contributed by atoms with Crippen LogP contribution in [0.5, 0.6) is 0 Å². The Hall–Kier alpha value is -2.67. The molecule has 116 valence electrons. The van der Waals surface area contributed by atoms with E-state index < -0.39 is 11.8 Å². The van der Waals surface area contributed by atoms with Crippen molar-refractivity contribution in [3.05, 3.63) is 52.2 Å². The van der Waals surface area contributed by atoms with Crippen LogP contribution in [-0.4, -0.2) is 31.1 Å². The van der Waals surface area contributed by atoms with Gasteiger partial charge in [-0.25, -0.2) is 13.9 Å². The molecule has 1 aliphatic carbocycles. The Morgan fingerprint density at radius 2 is 2.22 bits per heavy atom. The van der Waals surface area contributed by atoms with E-state index in [0.717, 1.165) is 17.7 Å². The van der Waals surface area contributed by atoms with Crippen LogP contribution in [0.4, 0.5) is 4.39 Å². The van der Waals surface area contributed by atoms with E-state index in [1.807, 2.05) is 0 Å². The molecule has 2 heterocycles. The Morgan fingerprint density at radius 1 is 1.39 bits per heavy atom. The number of aromatic nitrogens is 4. The van der Waals surface area contributed by atoms with Gasteiger partial charge in [-0.2, -0.15) is 10.2 Å². The number of aryl methyl sites for hydroxylation is 1. The largest absolute Gasteiger partial charge is 0.476 e. The first kappa shape index (κ1) is 14.0. The molecule has 1 aromatic carbocycles. The lowest BCUT2D eigenvalue weighted by molar-refractivity contribution is 0.0690. The molecule has 0 atom stereocenters. The van der Waals surface area contributed by atoms with Crippen molar-refractivity contribution in [2.45, 2.75) is 12.8 Å². The highest BCUT2D eigenvalue weighted by atomic mass is 35.5. The lowest BCUT2D eigenvalue weighted by atomic mass is 9.94. The zero-order valence-electron chi connectivity index (χ0n) is 11.7. The first-order valence-electron chi connectivity index (χ1n) is 6.89. The van der Waals surface area contributed by atoms with E-state index in [-0.39, 0.29) is 10.7 Å². The van der Waals surface area contributed by atoms with Gasteiger partial charge in [0.1, 0.15) is 5.82 Å². The molecule has 0 bridgehead atoms. The number of rotatable bonds is 2. The average Bonchev–Trinajstić information content (AvgIpc) is 3.13. The van der Waals surface area contributed by atoms with Crippen molar-refractivity contribution in [2.75, 3.05) is 0 Å². The minimum Gasteiger partial charge on any atom is -0.476 e. The molecule has 0 unspecified atom stereocenters. The van der Waals surface area contributed by atoms with Crippen molar-refractivity contribution in [1.29, 1.82) is 0 Å². The quantitative estimate of drug-likeness (QED) is 0.755. The Kier molecular flexibility index (Phi) is 2.99. The number of hydrogen-bond donors (Lipinski definition) is 2. The molecule has 0 fully saturated rings. The topological polar surface area (TPSA) is 83.8 Å². The normalized spacial score (nSPS) is 12.8. The Balaban J connectivity index is 1.98. The van der Waals surface area contributed by atoms with E-state index in [4.69, 9.17) is 11.6 Å². The third-order valence-electron chi connectivity index (χ3n) is 3.93. The van der Waals surface area contributed by atoms with Crippen LogP contribution in [0, 0.1) is 5.82 Å². The van der Waals surface area contributed by atoms with Crippen LogP contribution in [-0.2, 0) is 12.8 Å². The summed E-state index contributed by atoms with van der Waals surface area (Å²) in [5, 5.41) is 20.5. The number of aromatic amines is 1. The summed E-state index contributed by atoms with van der Waals surface area (Å²) in [6, 6.07) is 4.18. The molecule has 2 aromatic heterocycles. The second kappa shape index (κ2) is 4.92. The molecular weight excluding hydrogens is 323 g/mol. The Morgan fingerprint density at radius 3 is 2.96 bits per heavy atom.